The molecule has 2 aromatic carbocycles. The minimum atomic E-state index is 0.953. The summed E-state index contributed by atoms with van der Waals surface area (Å²) in [4.78, 5) is 4.88. The third-order valence-electron chi connectivity index (χ3n) is 3.19. The molecule has 0 unspecified atom stereocenters. The Bertz CT molecular complexity index is 637. The number of hydrogen-bond acceptors (Lipinski definition) is 4. The van der Waals surface area contributed by atoms with Crippen LogP contribution in [0.5, 0.6) is 0 Å². The average Bonchev–Trinajstić information content (AvgIpc) is 2.45. The normalized spacial score (nSPS) is 13.4. The summed E-state index contributed by atoms with van der Waals surface area (Å²) >= 11 is 1.80. The molecule has 0 bridgehead atoms. The van der Waals surface area contributed by atoms with E-state index in [0.717, 1.165) is 12.1 Å². The van der Waals surface area contributed by atoms with E-state index in [0.29, 0.717) is 0 Å². The summed E-state index contributed by atoms with van der Waals surface area (Å²) in [5.74, 6) is 5.22. The van der Waals surface area contributed by atoms with Crippen molar-refractivity contribution in [3.63, 3.8) is 0 Å². The molecule has 3 nitrogen and oxygen atoms in total. The minimum absolute atomic E-state index is 0.953. The van der Waals surface area contributed by atoms with Gasteiger partial charge in [-0.15, -0.1) is 0 Å². The molecule has 0 spiro atoms. The zero-order chi connectivity index (χ0) is 13.2. The van der Waals surface area contributed by atoms with Crippen LogP contribution in [-0.2, 0) is 0 Å². The van der Waals surface area contributed by atoms with E-state index in [2.05, 4.69) is 53.3 Å². The molecule has 1 heterocycles. The van der Waals surface area contributed by atoms with Crippen LogP contribution < -0.4 is 10.7 Å². The lowest BCUT2D eigenvalue weighted by atomic mass is 10.1. The van der Waals surface area contributed by atoms with E-state index in [1.807, 2.05) is 6.07 Å². The van der Waals surface area contributed by atoms with E-state index in [1.165, 1.54) is 21.2 Å². The molecule has 2 N–H and O–H groups in total. The first kappa shape index (κ1) is 12.1. The van der Waals surface area contributed by atoms with Crippen molar-refractivity contribution in [3.05, 3.63) is 48.0 Å². The van der Waals surface area contributed by atoms with Gasteiger partial charge < -0.3 is 10.7 Å². The average molecular weight is 269 g/mol. The summed E-state index contributed by atoms with van der Waals surface area (Å²) in [5.41, 5.74) is 3.56. The van der Waals surface area contributed by atoms with Gasteiger partial charge in [0.2, 0.25) is 0 Å². The molecular formula is C15H15N3S. The topological polar surface area (TPSA) is 41.6 Å². The van der Waals surface area contributed by atoms with Crippen molar-refractivity contribution in [3.8, 4) is 0 Å². The van der Waals surface area contributed by atoms with Gasteiger partial charge in [0.25, 0.3) is 0 Å². The van der Waals surface area contributed by atoms with Crippen molar-refractivity contribution in [2.75, 3.05) is 11.4 Å². The van der Waals surface area contributed by atoms with Crippen LogP contribution in [0.2, 0.25) is 0 Å². The van der Waals surface area contributed by atoms with Crippen LogP contribution in [-0.4, -0.2) is 12.8 Å². The molecule has 0 saturated heterocycles. The van der Waals surface area contributed by atoms with Crippen LogP contribution in [0, 0.1) is 0 Å². The molecule has 1 aliphatic rings. The van der Waals surface area contributed by atoms with Gasteiger partial charge >= 0.3 is 0 Å². The predicted molar refractivity (Wildman–Crippen MR) is 81.5 cm³/mol. The Morgan fingerprint density at radius 2 is 1.95 bits per heavy atom. The first-order valence-corrected chi connectivity index (χ1v) is 7.07. The van der Waals surface area contributed by atoms with E-state index in [4.69, 9.17) is 5.84 Å². The fourth-order valence-electron chi connectivity index (χ4n) is 2.36. The lowest BCUT2D eigenvalue weighted by molar-refractivity contribution is 0.979. The van der Waals surface area contributed by atoms with Crippen LogP contribution in [0.25, 0.3) is 0 Å². The summed E-state index contributed by atoms with van der Waals surface area (Å²) in [6.45, 7) is 3.13. The van der Waals surface area contributed by atoms with E-state index in [1.54, 1.807) is 18.0 Å². The molecule has 3 rings (SSSR count). The molecule has 0 atom stereocenters. The van der Waals surface area contributed by atoms with Crippen LogP contribution >= 0.6 is 11.8 Å². The number of hydrazone groups is 1. The number of nitrogens with zero attached hydrogens (tertiary/aromatic N) is 2. The maximum absolute atomic E-state index is 5.22. The quantitative estimate of drug-likeness (QED) is 0.514. The second-order valence-electron chi connectivity index (χ2n) is 4.32. The second kappa shape index (κ2) is 4.97. The van der Waals surface area contributed by atoms with Crippen LogP contribution in [0.1, 0.15) is 12.5 Å². The standard InChI is InChI=1S/C15H15N3S/c1-2-18-12-5-3-4-6-14(12)19-15-9-11(10-17-16)7-8-13(15)18/h3-10H,2,16H2,1H3/b17-10+. The van der Waals surface area contributed by atoms with Gasteiger partial charge in [-0.1, -0.05) is 30.0 Å². The third-order valence-corrected chi connectivity index (χ3v) is 4.30. The lowest BCUT2D eigenvalue weighted by Gasteiger charge is -2.31. The fraction of sp³-hybridized carbons (Fsp3) is 0.133. The molecule has 1 aliphatic heterocycles. The first-order valence-electron chi connectivity index (χ1n) is 6.25. The molecule has 0 aromatic heterocycles. The minimum Gasteiger partial charge on any atom is -0.340 e. The number of para-hydroxylation sites is 1. The predicted octanol–water partition coefficient (Wildman–Crippen LogP) is 3.60. The summed E-state index contributed by atoms with van der Waals surface area (Å²) in [6.07, 6.45) is 1.68. The molecule has 2 aromatic rings. The summed E-state index contributed by atoms with van der Waals surface area (Å²) < 4.78 is 0. The maximum atomic E-state index is 5.22. The lowest BCUT2D eigenvalue weighted by Crippen LogP contribution is -2.19. The van der Waals surface area contributed by atoms with Gasteiger partial charge in [-0.3, -0.25) is 0 Å². The van der Waals surface area contributed by atoms with Crippen molar-refractivity contribution in [1.82, 2.24) is 0 Å². The number of nitrogens with two attached hydrogens (primary N) is 1. The van der Waals surface area contributed by atoms with Crippen LogP contribution in [0.3, 0.4) is 0 Å². The van der Waals surface area contributed by atoms with E-state index in [9.17, 15) is 0 Å². The Labute approximate surface area is 117 Å². The van der Waals surface area contributed by atoms with Gasteiger partial charge in [-0.2, -0.15) is 5.10 Å². The largest absolute Gasteiger partial charge is 0.340 e. The van der Waals surface area contributed by atoms with Crippen LogP contribution in [0.4, 0.5) is 11.4 Å². The second-order valence-corrected chi connectivity index (χ2v) is 5.40. The zero-order valence-electron chi connectivity index (χ0n) is 10.7. The van der Waals surface area contributed by atoms with E-state index in [-0.39, 0.29) is 0 Å². The molecule has 0 radical (unpaired) electrons. The molecule has 96 valence electrons. The third kappa shape index (κ3) is 2.08. The highest BCUT2D eigenvalue weighted by Crippen LogP contribution is 2.47. The smallest absolute Gasteiger partial charge is 0.0553 e. The highest BCUT2D eigenvalue weighted by Gasteiger charge is 2.21. The molecular weight excluding hydrogens is 254 g/mol. The molecule has 0 fully saturated rings. The van der Waals surface area contributed by atoms with Crippen molar-refractivity contribution < 1.29 is 0 Å². The molecule has 4 heteroatoms. The van der Waals surface area contributed by atoms with Gasteiger partial charge in [0, 0.05) is 16.3 Å². The van der Waals surface area contributed by atoms with Crippen molar-refractivity contribution in [2.45, 2.75) is 16.7 Å². The number of fused-ring (bicyclic) bond motifs is 2. The van der Waals surface area contributed by atoms with Gasteiger partial charge in [0.05, 0.1) is 17.6 Å². The number of benzene rings is 2. The van der Waals surface area contributed by atoms with Crippen LogP contribution in [0.15, 0.2) is 57.4 Å². The monoisotopic (exact) mass is 269 g/mol. The van der Waals surface area contributed by atoms with Gasteiger partial charge in [-0.05, 0) is 36.8 Å². The van der Waals surface area contributed by atoms with Crippen molar-refractivity contribution in [2.24, 2.45) is 10.9 Å². The molecule has 0 amide bonds. The maximum Gasteiger partial charge on any atom is 0.0553 e. The Kier molecular flexibility index (Phi) is 3.17. The summed E-state index contributed by atoms with van der Waals surface area (Å²) in [5, 5.41) is 3.59. The van der Waals surface area contributed by atoms with Gasteiger partial charge in [-0.25, -0.2) is 0 Å². The highest BCUT2D eigenvalue weighted by atomic mass is 32.2. The fourth-order valence-corrected chi connectivity index (χ4v) is 3.50. The molecule has 19 heavy (non-hydrogen) atoms. The Hall–Kier alpha value is -1.94. The zero-order valence-corrected chi connectivity index (χ0v) is 11.5. The highest BCUT2D eigenvalue weighted by molar-refractivity contribution is 7.99. The van der Waals surface area contributed by atoms with E-state index >= 15 is 0 Å². The molecule has 0 aliphatic carbocycles. The van der Waals surface area contributed by atoms with Crippen molar-refractivity contribution >= 4 is 29.4 Å². The SMILES string of the molecule is CCN1c2ccccc2Sc2cc(/C=N/N)ccc21. The Morgan fingerprint density at radius 3 is 2.74 bits per heavy atom. The summed E-state index contributed by atoms with van der Waals surface area (Å²) in [7, 11) is 0. The Morgan fingerprint density at radius 1 is 1.16 bits per heavy atom. The van der Waals surface area contributed by atoms with Crippen molar-refractivity contribution in [1.29, 1.82) is 0 Å². The molecule has 0 saturated carbocycles. The van der Waals surface area contributed by atoms with E-state index < -0.39 is 0 Å². The number of anilines is 2. The van der Waals surface area contributed by atoms with Gasteiger partial charge in [0.15, 0.2) is 0 Å². The first-order chi connectivity index (χ1) is 9.33. The Balaban J connectivity index is 2.12. The van der Waals surface area contributed by atoms with Gasteiger partial charge in [0.1, 0.15) is 0 Å². The summed E-state index contributed by atoms with van der Waals surface area (Å²) in [6, 6.07) is 14.8. The number of rotatable bonds is 2. The number of hydrogen-bond donors (Lipinski definition) is 1.